The molecule has 1 fully saturated rings. The van der Waals surface area contributed by atoms with Gasteiger partial charge < -0.3 is 5.11 Å². The monoisotopic (exact) mass is 269 g/mol. The predicted molar refractivity (Wildman–Crippen MR) is 76.5 cm³/mol. The van der Waals surface area contributed by atoms with Crippen LogP contribution < -0.4 is 0 Å². The highest BCUT2D eigenvalue weighted by molar-refractivity contribution is 5.96. The zero-order valence-electron chi connectivity index (χ0n) is 10.9. The van der Waals surface area contributed by atoms with Crippen LogP contribution in [-0.4, -0.2) is 16.6 Å². The van der Waals surface area contributed by atoms with Gasteiger partial charge in [-0.15, -0.1) is 0 Å². The summed E-state index contributed by atoms with van der Waals surface area (Å²) in [7, 11) is 0. The molecule has 20 heavy (non-hydrogen) atoms. The van der Waals surface area contributed by atoms with Crippen molar-refractivity contribution in [2.75, 3.05) is 0 Å². The van der Waals surface area contributed by atoms with E-state index in [4.69, 9.17) is 5.53 Å². The smallest absolute Gasteiger partial charge is 0.159 e. The first kappa shape index (κ1) is 14.1. The molecule has 102 valence electrons. The van der Waals surface area contributed by atoms with Crippen molar-refractivity contribution in [3.63, 3.8) is 0 Å². The van der Waals surface area contributed by atoms with Gasteiger partial charge in [-0.05, 0) is 23.1 Å². The Morgan fingerprint density at radius 2 is 2.10 bits per heavy atom. The fourth-order valence-corrected chi connectivity index (χ4v) is 2.13. The van der Waals surface area contributed by atoms with Crippen LogP contribution >= 0.6 is 0 Å². The minimum absolute atomic E-state index is 0.0134. The van der Waals surface area contributed by atoms with Crippen molar-refractivity contribution in [1.29, 1.82) is 0 Å². The molecule has 1 saturated carbocycles. The van der Waals surface area contributed by atoms with E-state index >= 15 is 0 Å². The van der Waals surface area contributed by atoms with Crippen molar-refractivity contribution in [3.8, 4) is 0 Å². The number of carbonyl (C=O) groups excluding carboxylic acids is 1. The van der Waals surface area contributed by atoms with E-state index in [9.17, 15) is 9.90 Å². The van der Waals surface area contributed by atoms with Crippen LogP contribution in [0.4, 0.5) is 0 Å². The lowest BCUT2D eigenvalue weighted by molar-refractivity contribution is -0.119. The summed E-state index contributed by atoms with van der Waals surface area (Å²) in [5.74, 6) is -0.0134. The van der Waals surface area contributed by atoms with Gasteiger partial charge in [0.2, 0.25) is 0 Å². The molecule has 1 atom stereocenters. The highest BCUT2D eigenvalue weighted by atomic mass is 16.3. The van der Waals surface area contributed by atoms with Crippen LogP contribution in [0.1, 0.15) is 24.8 Å². The lowest BCUT2D eigenvalue weighted by Crippen LogP contribution is -2.33. The first-order valence-electron chi connectivity index (χ1n) is 6.37. The summed E-state index contributed by atoms with van der Waals surface area (Å²) in [6.07, 6.45) is 5.75. The van der Waals surface area contributed by atoms with Crippen molar-refractivity contribution in [2.24, 2.45) is 5.11 Å². The van der Waals surface area contributed by atoms with Crippen LogP contribution in [0.3, 0.4) is 0 Å². The SMILES string of the molecule is [N-]=[N+]=NC1(O)CCC(=O)C(=CC=Cc2ccccc2)C1. The first-order valence-corrected chi connectivity index (χ1v) is 6.37. The third kappa shape index (κ3) is 3.57. The second-order valence-corrected chi connectivity index (χ2v) is 4.73. The van der Waals surface area contributed by atoms with Gasteiger partial charge in [-0.1, -0.05) is 53.7 Å². The van der Waals surface area contributed by atoms with Gasteiger partial charge in [0.05, 0.1) is 0 Å². The first-order chi connectivity index (χ1) is 9.63. The van der Waals surface area contributed by atoms with Gasteiger partial charge in [0.25, 0.3) is 0 Å². The fraction of sp³-hybridized carbons (Fsp3) is 0.267. The maximum atomic E-state index is 11.8. The van der Waals surface area contributed by atoms with Crippen molar-refractivity contribution in [1.82, 2.24) is 0 Å². The molecule has 0 radical (unpaired) electrons. The maximum Gasteiger partial charge on any atom is 0.159 e. The van der Waals surface area contributed by atoms with Crippen LogP contribution in [0.5, 0.6) is 0 Å². The molecule has 1 unspecified atom stereocenters. The van der Waals surface area contributed by atoms with Crippen LogP contribution in [-0.2, 0) is 4.79 Å². The number of ketones is 1. The van der Waals surface area contributed by atoms with E-state index < -0.39 is 5.72 Å². The van der Waals surface area contributed by atoms with E-state index in [0.29, 0.717) is 5.57 Å². The molecule has 1 aliphatic rings. The van der Waals surface area contributed by atoms with Crippen molar-refractivity contribution < 1.29 is 9.90 Å². The molecule has 1 aromatic rings. The maximum absolute atomic E-state index is 11.8. The third-order valence-electron chi connectivity index (χ3n) is 3.20. The van der Waals surface area contributed by atoms with Crippen molar-refractivity contribution in [2.45, 2.75) is 25.0 Å². The second-order valence-electron chi connectivity index (χ2n) is 4.73. The molecular weight excluding hydrogens is 254 g/mol. The molecule has 0 heterocycles. The molecule has 5 nitrogen and oxygen atoms in total. The molecule has 0 aliphatic heterocycles. The summed E-state index contributed by atoms with van der Waals surface area (Å²) in [5.41, 5.74) is 8.47. The van der Waals surface area contributed by atoms with Crippen LogP contribution in [0.15, 0.2) is 53.2 Å². The van der Waals surface area contributed by atoms with Crippen molar-refractivity contribution >= 4 is 11.9 Å². The summed E-state index contributed by atoms with van der Waals surface area (Å²) >= 11 is 0. The number of rotatable bonds is 3. The molecule has 0 bridgehead atoms. The highest BCUT2D eigenvalue weighted by Gasteiger charge is 2.34. The lowest BCUT2D eigenvalue weighted by atomic mass is 9.87. The largest absolute Gasteiger partial charge is 0.383 e. The Balaban J connectivity index is 2.13. The number of allylic oxidation sites excluding steroid dienone is 2. The van der Waals surface area contributed by atoms with Gasteiger partial charge in [0.15, 0.2) is 5.78 Å². The summed E-state index contributed by atoms with van der Waals surface area (Å²) in [6, 6.07) is 9.69. The number of aliphatic hydroxyl groups is 1. The Labute approximate surface area is 116 Å². The number of hydrogen-bond donors (Lipinski definition) is 1. The second kappa shape index (κ2) is 6.19. The van der Waals surface area contributed by atoms with Crippen LogP contribution in [0.25, 0.3) is 16.5 Å². The number of carbonyl (C=O) groups is 1. The van der Waals surface area contributed by atoms with E-state index in [1.807, 2.05) is 36.4 Å². The minimum atomic E-state index is -1.48. The molecule has 1 N–H and O–H groups in total. The highest BCUT2D eigenvalue weighted by Crippen LogP contribution is 2.31. The third-order valence-corrected chi connectivity index (χ3v) is 3.20. The average Bonchev–Trinajstić information content (AvgIpc) is 2.44. The number of azide groups is 1. The Hall–Kier alpha value is -2.36. The lowest BCUT2D eigenvalue weighted by Gasteiger charge is -2.27. The summed E-state index contributed by atoms with van der Waals surface area (Å²) in [4.78, 5) is 14.4. The molecule has 0 aromatic heterocycles. The minimum Gasteiger partial charge on any atom is -0.383 e. The van der Waals surface area contributed by atoms with Crippen molar-refractivity contribution in [3.05, 3.63) is 64.1 Å². The Bertz CT molecular complexity index is 601. The predicted octanol–water partition coefficient (Wildman–Crippen LogP) is 3.38. The number of Topliss-reactive ketones (excluding diaryl/α,β-unsaturated/α-hetero) is 1. The molecule has 0 amide bonds. The normalized spacial score (nSPS) is 24.9. The van der Waals surface area contributed by atoms with Gasteiger partial charge in [-0.25, -0.2) is 0 Å². The average molecular weight is 269 g/mol. The molecule has 1 aromatic carbocycles. The fourth-order valence-electron chi connectivity index (χ4n) is 2.13. The molecule has 2 rings (SSSR count). The van der Waals surface area contributed by atoms with Crippen LogP contribution in [0.2, 0.25) is 0 Å². The quantitative estimate of drug-likeness (QED) is 0.394. The van der Waals surface area contributed by atoms with E-state index in [-0.39, 0.29) is 25.0 Å². The van der Waals surface area contributed by atoms with E-state index in [0.717, 1.165) is 5.56 Å². The summed E-state index contributed by atoms with van der Waals surface area (Å²) in [6.45, 7) is 0. The Morgan fingerprint density at radius 3 is 2.80 bits per heavy atom. The number of hydrogen-bond acceptors (Lipinski definition) is 3. The summed E-state index contributed by atoms with van der Waals surface area (Å²) in [5, 5.41) is 13.4. The van der Waals surface area contributed by atoms with Gasteiger partial charge in [0, 0.05) is 17.8 Å². The van der Waals surface area contributed by atoms with E-state index in [2.05, 4.69) is 10.0 Å². The topological polar surface area (TPSA) is 86.1 Å². The number of benzene rings is 1. The van der Waals surface area contributed by atoms with Gasteiger partial charge in [-0.3, -0.25) is 4.79 Å². The van der Waals surface area contributed by atoms with Gasteiger partial charge in [-0.2, -0.15) is 0 Å². The summed E-state index contributed by atoms with van der Waals surface area (Å²) < 4.78 is 0. The molecule has 0 saturated heterocycles. The zero-order valence-corrected chi connectivity index (χ0v) is 10.9. The van der Waals surface area contributed by atoms with E-state index in [1.54, 1.807) is 12.2 Å². The number of nitrogens with zero attached hydrogens (tertiary/aromatic N) is 3. The molecular formula is C15H15N3O2. The van der Waals surface area contributed by atoms with Gasteiger partial charge in [0.1, 0.15) is 5.72 Å². The molecule has 5 heteroatoms. The Kier molecular flexibility index (Phi) is 4.35. The van der Waals surface area contributed by atoms with Crippen LogP contribution in [0, 0.1) is 0 Å². The van der Waals surface area contributed by atoms with Gasteiger partial charge >= 0.3 is 0 Å². The Morgan fingerprint density at radius 1 is 1.35 bits per heavy atom. The van der Waals surface area contributed by atoms with E-state index in [1.165, 1.54) is 0 Å². The molecule has 0 spiro atoms. The zero-order chi connectivity index (χ0) is 14.4. The standard InChI is InChI=1S/C15H15N3O2/c16-18-17-15(20)10-9-14(19)13(11-15)8-4-7-12-5-2-1-3-6-12/h1-8,20H,9-11H2. The molecule has 1 aliphatic carbocycles.